The highest BCUT2D eigenvalue weighted by atomic mass is 16.5. The van der Waals surface area contributed by atoms with Crippen molar-refractivity contribution in [3.05, 3.63) is 17.7 Å². The normalized spacial score (nSPS) is 16.4. The fourth-order valence-electron chi connectivity index (χ4n) is 2.52. The summed E-state index contributed by atoms with van der Waals surface area (Å²) < 4.78 is 16.1. The highest BCUT2D eigenvalue weighted by Crippen LogP contribution is 2.36. The second-order valence-electron chi connectivity index (χ2n) is 5.16. The first-order valence-corrected chi connectivity index (χ1v) is 6.83. The van der Waals surface area contributed by atoms with Crippen LogP contribution < -0.4 is 19.5 Å². The molecule has 5 heteroatoms. The zero-order valence-corrected chi connectivity index (χ0v) is 12.4. The molecular weight excluding hydrogens is 258 g/mol. The number of aliphatic hydroxyl groups is 1. The zero-order chi connectivity index (χ0) is 14.6. The van der Waals surface area contributed by atoms with Crippen LogP contribution in [0.3, 0.4) is 0 Å². The molecule has 1 aromatic rings. The minimum absolute atomic E-state index is 0.143. The molecule has 1 aliphatic rings. The van der Waals surface area contributed by atoms with E-state index in [1.165, 1.54) is 0 Å². The molecular formula is C15H23NO4. The number of hydrogen-bond donors (Lipinski definition) is 2. The van der Waals surface area contributed by atoms with E-state index in [0.29, 0.717) is 12.3 Å². The summed E-state index contributed by atoms with van der Waals surface area (Å²) in [5.41, 5.74) is 0.797. The van der Waals surface area contributed by atoms with Crippen LogP contribution in [0.4, 0.5) is 0 Å². The van der Waals surface area contributed by atoms with Gasteiger partial charge in [-0.15, -0.1) is 0 Å². The molecule has 0 bridgehead atoms. The lowest BCUT2D eigenvalue weighted by atomic mass is 9.77. The molecule has 0 heterocycles. The monoisotopic (exact) mass is 281 g/mol. The van der Waals surface area contributed by atoms with Crippen LogP contribution >= 0.6 is 0 Å². The Hall–Kier alpha value is -1.46. The molecule has 0 spiro atoms. The van der Waals surface area contributed by atoms with Crippen LogP contribution in [0.15, 0.2) is 12.1 Å². The third kappa shape index (κ3) is 2.83. The largest absolute Gasteiger partial charge is 0.496 e. The number of aliphatic hydroxyl groups excluding tert-OH is 1. The van der Waals surface area contributed by atoms with E-state index in [9.17, 15) is 5.11 Å². The van der Waals surface area contributed by atoms with E-state index >= 15 is 0 Å². The van der Waals surface area contributed by atoms with E-state index < -0.39 is 0 Å². The van der Waals surface area contributed by atoms with Gasteiger partial charge in [-0.25, -0.2) is 0 Å². The van der Waals surface area contributed by atoms with Crippen molar-refractivity contribution in [3.63, 3.8) is 0 Å². The average Bonchev–Trinajstić information content (AvgIpc) is 2.45. The summed E-state index contributed by atoms with van der Waals surface area (Å²) in [5, 5.41) is 12.9. The van der Waals surface area contributed by atoms with Gasteiger partial charge in [0.25, 0.3) is 0 Å². The molecule has 0 radical (unpaired) electrons. The van der Waals surface area contributed by atoms with Crippen LogP contribution in [0.5, 0.6) is 17.2 Å². The Morgan fingerprint density at radius 2 is 1.70 bits per heavy atom. The predicted molar refractivity (Wildman–Crippen MR) is 76.6 cm³/mol. The molecule has 0 unspecified atom stereocenters. The van der Waals surface area contributed by atoms with Crippen molar-refractivity contribution in [2.45, 2.75) is 31.3 Å². The smallest absolute Gasteiger partial charge is 0.130 e. The molecule has 0 atom stereocenters. The predicted octanol–water partition coefficient (Wildman–Crippen LogP) is 1.72. The molecule has 20 heavy (non-hydrogen) atoms. The van der Waals surface area contributed by atoms with Crippen molar-refractivity contribution in [1.82, 2.24) is 5.32 Å². The summed E-state index contributed by atoms with van der Waals surface area (Å²) in [6, 6.07) is 3.68. The van der Waals surface area contributed by atoms with Crippen LogP contribution in [-0.2, 0) is 6.54 Å². The van der Waals surface area contributed by atoms with Crippen molar-refractivity contribution in [1.29, 1.82) is 0 Å². The quantitative estimate of drug-likeness (QED) is 0.797. The first kappa shape index (κ1) is 14.9. The fraction of sp³-hybridized carbons (Fsp3) is 0.600. The van der Waals surface area contributed by atoms with Crippen LogP contribution in [0.2, 0.25) is 0 Å². The number of hydrogen-bond acceptors (Lipinski definition) is 5. The van der Waals surface area contributed by atoms with E-state index in [-0.39, 0.29) is 12.1 Å². The topological polar surface area (TPSA) is 60.0 Å². The molecule has 1 aliphatic carbocycles. The maximum absolute atomic E-state index is 9.50. The van der Waals surface area contributed by atoms with E-state index in [1.807, 2.05) is 12.1 Å². The Labute approximate surface area is 119 Å². The first-order valence-electron chi connectivity index (χ1n) is 6.83. The summed E-state index contributed by atoms with van der Waals surface area (Å²) in [4.78, 5) is 0. The van der Waals surface area contributed by atoms with Gasteiger partial charge in [0.15, 0.2) is 0 Å². The molecule has 0 saturated heterocycles. The van der Waals surface area contributed by atoms with Gasteiger partial charge in [-0.2, -0.15) is 0 Å². The highest BCUT2D eigenvalue weighted by Gasteiger charge is 2.36. The number of nitrogens with one attached hydrogen (secondary N) is 1. The second kappa shape index (κ2) is 6.33. The molecule has 5 nitrogen and oxygen atoms in total. The Morgan fingerprint density at radius 3 is 2.05 bits per heavy atom. The summed E-state index contributed by atoms with van der Waals surface area (Å²) in [7, 11) is 4.87. The molecule has 2 N–H and O–H groups in total. The molecule has 112 valence electrons. The Kier molecular flexibility index (Phi) is 4.73. The first-order chi connectivity index (χ1) is 9.68. The minimum Gasteiger partial charge on any atom is -0.496 e. The summed E-state index contributed by atoms with van der Waals surface area (Å²) in [6.07, 6.45) is 3.17. The lowest BCUT2D eigenvalue weighted by molar-refractivity contribution is 0.0867. The SMILES string of the molecule is COc1cc(OC)c(CNC2(CO)CCC2)c(OC)c1. The van der Waals surface area contributed by atoms with Gasteiger partial charge in [0.2, 0.25) is 0 Å². The number of methoxy groups -OCH3 is 3. The summed E-state index contributed by atoms with van der Waals surface area (Å²) >= 11 is 0. The van der Waals surface area contributed by atoms with Crippen LogP contribution in [-0.4, -0.2) is 38.6 Å². The van der Waals surface area contributed by atoms with E-state index in [4.69, 9.17) is 14.2 Å². The van der Waals surface area contributed by atoms with Crippen molar-refractivity contribution < 1.29 is 19.3 Å². The number of rotatable bonds is 7. The van der Waals surface area contributed by atoms with Gasteiger partial charge in [0.05, 0.1) is 33.5 Å². The molecule has 0 aliphatic heterocycles. The van der Waals surface area contributed by atoms with E-state index in [0.717, 1.165) is 36.3 Å². The van der Waals surface area contributed by atoms with Gasteiger partial charge >= 0.3 is 0 Å². The summed E-state index contributed by atoms with van der Waals surface area (Å²) in [6.45, 7) is 0.755. The minimum atomic E-state index is -0.143. The van der Waals surface area contributed by atoms with Gasteiger partial charge < -0.3 is 24.6 Å². The van der Waals surface area contributed by atoms with Crippen molar-refractivity contribution >= 4 is 0 Å². The Morgan fingerprint density at radius 1 is 1.10 bits per heavy atom. The van der Waals surface area contributed by atoms with Crippen LogP contribution in [0.1, 0.15) is 24.8 Å². The standard InChI is InChI=1S/C15H23NO4/c1-18-11-7-13(19-2)12(14(8-11)20-3)9-16-15(10-17)5-4-6-15/h7-8,16-17H,4-6,9-10H2,1-3H3. The second-order valence-corrected chi connectivity index (χ2v) is 5.16. The molecule has 1 saturated carbocycles. The maximum Gasteiger partial charge on any atom is 0.130 e. The lowest BCUT2D eigenvalue weighted by Gasteiger charge is -2.41. The molecule has 2 rings (SSSR count). The lowest BCUT2D eigenvalue weighted by Crippen LogP contribution is -2.53. The Bertz CT molecular complexity index is 427. The van der Waals surface area contributed by atoms with Crippen molar-refractivity contribution in [3.8, 4) is 17.2 Å². The molecule has 1 aromatic carbocycles. The third-order valence-electron chi connectivity index (χ3n) is 4.07. The van der Waals surface area contributed by atoms with Gasteiger partial charge in [0, 0.05) is 24.2 Å². The van der Waals surface area contributed by atoms with Crippen molar-refractivity contribution in [2.24, 2.45) is 0 Å². The molecule has 0 amide bonds. The van der Waals surface area contributed by atoms with Crippen molar-refractivity contribution in [2.75, 3.05) is 27.9 Å². The number of benzene rings is 1. The number of ether oxygens (including phenoxy) is 3. The Balaban J connectivity index is 2.20. The van der Waals surface area contributed by atoms with E-state index in [2.05, 4.69) is 5.32 Å². The van der Waals surface area contributed by atoms with Crippen LogP contribution in [0.25, 0.3) is 0 Å². The highest BCUT2D eigenvalue weighted by molar-refractivity contribution is 5.50. The molecule has 1 fully saturated rings. The van der Waals surface area contributed by atoms with Gasteiger partial charge in [0.1, 0.15) is 17.2 Å². The maximum atomic E-state index is 9.50. The zero-order valence-electron chi connectivity index (χ0n) is 12.4. The van der Waals surface area contributed by atoms with Gasteiger partial charge in [-0.1, -0.05) is 0 Å². The van der Waals surface area contributed by atoms with Gasteiger partial charge in [-0.3, -0.25) is 0 Å². The summed E-state index contributed by atoms with van der Waals surface area (Å²) in [5.74, 6) is 2.14. The average molecular weight is 281 g/mol. The van der Waals surface area contributed by atoms with Gasteiger partial charge in [-0.05, 0) is 19.3 Å². The molecule has 0 aromatic heterocycles. The fourth-order valence-corrected chi connectivity index (χ4v) is 2.52. The van der Waals surface area contributed by atoms with Crippen LogP contribution in [0, 0.1) is 0 Å². The third-order valence-corrected chi connectivity index (χ3v) is 4.07. The van der Waals surface area contributed by atoms with E-state index in [1.54, 1.807) is 21.3 Å².